The topological polar surface area (TPSA) is 0 Å². The van der Waals surface area contributed by atoms with E-state index in [1.165, 1.54) is 0 Å². The minimum atomic E-state index is 0. The molecule has 0 aliphatic heterocycles. The molecular weight excluding hydrogens is 526 g/mol. The molecule has 0 bridgehead atoms. The minimum Gasteiger partial charge on any atom is -2.00 e. The summed E-state index contributed by atoms with van der Waals surface area (Å²) in [7, 11) is 0. The standard InChI is InChI=1S/Co.Mo.Ni.4S.W/q+2;;;4*-2;. The van der Waals surface area contributed by atoms with Crippen molar-refractivity contribution in [2.24, 2.45) is 0 Å². The van der Waals surface area contributed by atoms with Crippen LogP contribution in [0.3, 0.4) is 0 Å². The molecule has 8 heteroatoms. The first kappa shape index (κ1) is 95.9. The van der Waals surface area contributed by atoms with E-state index >= 15 is 0 Å². The predicted octanol–water partition coefficient (Wildman–Crippen LogP) is -0.0196. The Kier molecular flexibility index (Phi) is 866. The molecule has 0 aromatic carbocycles. The smallest absolute Gasteiger partial charge is 2.00 e. The van der Waals surface area contributed by atoms with Gasteiger partial charge in [-0.1, -0.05) is 0 Å². The van der Waals surface area contributed by atoms with Crippen LogP contribution in [-0.4, -0.2) is 0 Å². The average Bonchev–Trinajstić information content (AvgIpc) is 0. The molecular formula is CoMoNiS4W-6. The second kappa shape index (κ2) is 72.2. The number of hydrogen-bond acceptors (Lipinski definition) is 0. The molecule has 0 nitrogen and oxygen atoms in total. The molecule has 0 aliphatic rings. The third kappa shape index (κ3) is 52.8. The van der Waals surface area contributed by atoms with E-state index in [-0.39, 0.29) is 129 Å². The Morgan fingerprint density at radius 3 is 0.625 bits per heavy atom. The second-order valence-corrected chi connectivity index (χ2v) is 0. The molecule has 0 spiro atoms. The molecule has 1 radical (unpaired) electrons. The number of rotatable bonds is 0. The summed E-state index contributed by atoms with van der Waals surface area (Å²) in [6, 6.07) is 0. The van der Waals surface area contributed by atoms with Crippen LogP contribution in [0.15, 0.2) is 0 Å². The van der Waals surface area contributed by atoms with E-state index in [1.54, 1.807) is 0 Å². The summed E-state index contributed by atoms with van der Waals surface area (Å²) in [6.07, 6.45) is 0. The van der Waals surface area contributed by atoms with Gasteiger partial charge in [-0.05, 0) is 0 Å². The van der Waals surface area contributed by atoms with E-state index in [4.69, 9.17) is 0 Å². The van der Waals surface area contributed by atoms with Crippen LogP contribution in [0, 0.1) is 0 Å². The first-order valence-electron chi connectivity index (χ1n) is 0. The molecule has 0 saturated carbocycles. The van der Waals surface area contributed by atoms with Crippen molar-refractivity contribution in [1.82, 2.24) is 0 Å². The van der Waals surface area contributed by atoms with Gasteiger partial charge < -0.3 is 54.0 Å². The van der Waals surface area contributed by atoms with Gasteiger partial charge in [0.2, 0.25) is 0 Å². The fourth-order valence-electron chi connectivity index (χ4n) is 0. The van der Waals surface area contributed by atoms with Crippen molar-refractivity contribution in [2.75, 3.05) is 0 Å². The van der Waals surface area contributed by atoms with Gasteiger partial charge in [0, 0.05) is 58.6 Å². The maximum absolute atomic E-state index is 0. The molecule has 0 rings (SSSR count). The molecule has 0 atom stereocenters. The van der Waals surface area contributed by atoms with Crippen molar-refractivity contribution in [2.45, 2.75) is 0 Å². The molecule has 0 amide bonds. The van der Waals surface area contributed by atoms with Gasteiger partial charge >= 0.3 is 16.8 Å². The van der Waals surface area contributed by atoms with Crippen molar-refractivity contribution >= 4 is 54.0 Å². The van der Waals surface area contributed by atoms with Gasteiger partial charge in [0.05, 0.1) is 0 Å². The van der Waals surface area contributed by atoms with Crippen LogP contribution >= 0.6 is 0 Å². The second-order valence-electron chi connectivity index (χ2n) is 0. The summed E-state index contributed by atoms with van der Waals surface area (Å²) in [5.41, 5.74) is 0. The van der Waals surface area contributed by atoms with Crippen molar-refractivity contribution < 1.29 is 75.4 Å². The average molecular weight is 526 g/mol. The summed E-state index contributed by atoms with van der Waals surface area (Å²) in [6.45, 7) is 0. The van der Waals surface area contributed by atoms with Crippen LogP contribution in [0.4, 0.5) is 0 Å². The molecule has 0 aromatic rings. The Labute approximate surface area is 127 Å². The summed E-state index contributed by atoms with van der Waals surface area (Å²) < 4.78 is 0. The Hall–Kier alpha value is 3.78. The van der Waals surface area contributed by atoms with E-state index in [1.807, 2.05) is 0 Å². The Bertz CT molecular complexity index is 16.0. The van der Waals surface area contributed by atoms with Gasteiger partial charge in [0.25, 0.3) is 0 Å². The summed E-state index contributed by atoms with van der Waals surface area (Å²) in [5, 5.41) is 0. The van der Waals surface area contributed by atoms with Crippen LogP contribution in [0.1, 0.15) is 0 Å². The summed E-state index contributed by atoms with van der Waals surface area (Å²) >= 11 is 0. The monoisotopic (exact) mass is 527 g/mol. The SMILES string of the molecule is [Co+2].[Mo].[Ni].[S-2].[S-2].[S-2].[S-2].[W]. The van der Waals surface area contributed by atoms with E-state index in [2.05, 4.69) is 0 Å². The van der Waals surface area contributed by atoms with Gasteiger partial charge in [0.15, 0.2) is 0 Å². The van der Waals surface area contributed by atoms with Crippen molar-refractivity contribution in [1.29, 1.82) is 0 Å². The largest absolute Gasteiger partial charge is 2.00 e. The first-order valence-corrected chi connectivity index (χ1v) is 0. The first-order chi connectivity index (χ1) is 0. The summed E-state index contributed by atoms with van der Waals surface area (Å²) in [5.74, 6) is 0. The normalized spacial score (nSPS) is 0. The van der Waals surface area contributed by atoms with Crippen molar-refractivity contribution in [3.05, 3.63) is 0 Å². The van der Waals surface area contributed by atoms with Gasteiger partial charge in [-0.2, -0.15) is 0 Å². The Morgan fingerprint density at radius 2 is 0.625 bits per heavy atom. The quantitative estimate of drug-likeness (QED) is 0.390. The fraction of sp³-hybridized carbons (Fsp3) is 0. The maximum Gasteiger partial charge on any atom is 2.00 e. The number of hydrogen-bond donors (Lipinski definition) is 0. The fourth-order valence-corrected chi connectivity index (χ4v) is 0. The van der Waals surface area contributed by atoms with Crippen LogP contribution in [0.5, 0.6) is 0 Å². The van der Waals surface area contributed by atoms with Gasteiger partial charge in [-0.15, -0.1) is 0 Å². The van der Waals surface area contributed by atoms with E-state index < -0.39 is 0 Å². The van der Waals surface area contributed by atoms with Gasteiger partial charge in [-0.25, -0.2) is 0 Å². The van der Waals surface area contributed by atoms with E-state index in [0.29, 0.717) is 0 Å². The predicted molar refractivity (Wildman–Crippen MR) is 29.5 cm³/mol. The molecule has 0 unspecified atom stereocenters. The molecule has 0 aliphatic carbocycles. The molecule has 61 valence electrons. The van der Waals surface area contributed by atoms with Crippen LogP contribution in [-0.2, 0) is 129 Å². The van der Waals surface area contributed by atoms with E-state index in [0.717, 1.165) is 0 Å². The van der Waals surface area contributed by atoms with Gasteiger partial charge in [0.1, 0.15) is 0 Å². The zero-order valence-corrected chi connectivity index (χ0v) is 13.3. The third-order valence-electron chi connectivity index (χ3n) is 0. The van der Waals surface area contributed by atoms with Crippen LogP contribution < -0.4 is 0 Å². The molecule has 0 saturated heterocycles. The Morgan fingerprint density at radius 1 is 0.625 bits per heavy atom. The molecule has 0 N–H and O–H groups in total. The molecule has 8 heavy (non-hydrogen) atoms. The van der Waals surface area contributed by atoms with Gasteiger partial charge in [-0.3, -0.25) is 0 Å². The van der Waals surface area contributed by atoms with Crippen LogP contribution in [0.2, 0.25) is 0 Å². The molecule has 0 fully saturated rings. The zero-order valence-electron chi connectivity index (χ0n) is 3.10. The van der Waals surface area contributed by atoms with Crippen molar-refractivity contribution in [3.63, 3.8) is 0 Å². The third-order valence-corrected chi connectivity index (χ3v) is 0. The molecule has 0 heterocycles. The van der Waals surface area contributed by atoms with E-state index in [9.17, 15) is 0 Å². The molecule has 0 aromatic heterocycles. The van der Waals surface area contributed by atoms with Crippen LogP contribution in [0.25, 0.3) is 0 Å². The van der Waals surface area contributed by atoms with Crippen molar-refractivity contribution in [3.8, 4) is 0 Å². The Balaban J connectivity index is 0. The zero-order chi connectivity index (χ0) is 0. The minimum absolute atomic E-state index is 0. The summed E-state index contributed by atoms with van der Waals surface area (Å²) in [4.78, 5) is 0. The maximum atomic E-state index is 0.